The van der Waals surface area contributed by atoms with E-state index in [9.17, 15) is 9.59 Å². The highest BCUT2D eigenvalue weighted by atomic mass is 16.6. The highest BCUT2D eigenvalue weighted by Gasteiger charge is 2.21. The molecule has 232 valence electrons. The lowest BCUT2D eigenvalue weighted by atomic mass is 9.96. The number of rotatable bonds is 8. The van der Waals surface area contributed by atoms with Crippen LogP contribution in [0.4, 0.5) is 0 Å². The summed E-state index contributed by atoms with van der Waals surface area (Å²) < 4.78 is 8.00. The molecule has 1 amide bonds. The molecular weight excluding hydrogens is 556 g/mol. The molecule has 4 aromatic carbocycles. The van der Waals surface area contributed by atoms with Crippen LogP contribution in [0, 0.1) is 20.8 Å². The van der Waals surface area contributed by atoms with Gasteiger partial charge in [0, 0.05) is 35.2 Å². The molecule has 0 unspecified atom stereocenters. The molecule has 5 rings (SSSR count). The molecule has 0 aliphatic carbocycles. The summed E-state index contributed by atoms with van der Waals surface area (Å²) in [5, 5.41) is 4.16. The molecule has 0 bridgehead atoms. The van der Waals surface area contributed by atoms with E-state index in [1.807, 2.05) is 58.0 Å². The lowest BCUT2D eigenvalue weighted by Crippen LogP contribution is -2.24. The predicted molar refractivity (Wildman–Crippen MR) is 184 cm³/mol. The van der Waals surface area contributed by atoms with Crippen LogP contribution in [0.1, 0.15) is 94.8 Å². The fraction of sp³-hybridized carbons (Fsp3) is 0.300. The van der Waals surface area contributed by atoms with Crippen LogP contribution >= 0.6 is 0 Å². The van der Waals surface area contributed by atoms with Crippen molar-refractivity contribution < 1.29 is 14.3 Å². The molecule has 0 aliphatic heterocycles. The van der Waals surface area contributed by atoms with Gasteiger partial charge in [-0.25, -0.2) is 4.79 Å². The fourth-order valence-electron chi connectivity index (χ4n) is 5.68. The Bertz CT molecular complexity index is 1850. The third kappa shape index (κ3) is 7.20. The molecule has 1 heterocycles. The molecule has 0 fully saturated rings. The summed E-state index contributed by atoms with van der Waals surface area (Å²) in [5.41, 5.74) is 10.5. The summed E-state index contributed by atoms with van der Waals surface area (Å²) in [7, 11) is 0. The first kappa shape index (κ1) is 31.8. The zero-order chi connectivity index (χ0) is 32.5. The molecule has 0 radical (unpaired) electrons. The van der Waals surface area contributed by atoms with E-state index in [0.29, 0.717) is 30.1 Å². The number of aryl methyl sites for hydroxylation is 2. The number of ether oxygens (including phenoxy) is 1. The minimum Gasteiger partial charge on any atom is -0.456 e. The summed E-state index contributed by atoms with van der Waals surface area (Å²) in [6, 6.07) is 28.7. The van der Waals surface area contributed by atoms with Gasteiger partial charge in [-0.1, -0.05) is 80.1 Å². The monoisotopic (exact) mass is 600 g/mol. The van der Waals surface area contributed by atoms with Gasteiger partial charge in [-0.15, -0.1) is 0 Å². The van der Waals surface area contributed by atoms with Crippen molar-refractivity contribution in [3.8, 4) is 11.1 Å². The molecule has 0 atom stereocenters. The van der Waals surface area contributed by atoms with E-state index >= 15 is 0 Å². The SMILES string of the molecule is Cc1ccc(-c2ccc(Cn3c(C)c(C)c4cc(C(=O)NCc5ccc(C(C)C)cc5)ccc43)cc2)c(C(=O)OC(C)(C)C)c1. The lowest BCUT2D eigenvalue weighted by molar-refractivity contribution is 0.00702. The third-order valence-corrected chi connectivity index (χ3v) is 8.40. The molecule has 1 N–H and O–H groups in total. The number of benzene rings is 4. The maximum atomic E-state index is 13.1. The van der Waals surface area contributed by atoms with Crippen molar-refractivity contribution in [2.45, 2.75) is 80.0 Å². The number of fused-ring (bicyclic) bond motifs is 1. The summed E-state index contributed by atoms with van der Waals surface area (Å²) in [5.74, 6) is 0.0899. The van der Waals surface area contributed by atoms with Crippen LogP contribution in [-0.2, 0) is 17.8 Å². The van der Waals surface area contributed by atoms with E-state index in [2.05, 4.69) is 92.2 Å². The van der Waals surface area contributed by atoms with Crippen molar-refractivity contribution in [2.24, 2.45) is 0 Å². The minimum absolute atomic E-state index is 0.0768. The predicted octanol–water partition coefficient (Wildman–Crippen LogP) is 9.29. The number of nitrogens with one attached hydrogen (secondary N) is 1. The van der Waals surface area contributed by atoms with Gasteiger partial charge >= 0.3 is 5.97 Å². The molecule has 0 spiro atoms. The Morgan fingerprint density at radius 1 is 0.822 bits per heavy atom. The van der Waals surface area contributed by atoms with Crippen molar-refractivity contribution in [3.63, 3.8) is 0 Å². The molecular formula is C40H44N2O3. The van der Waals surface area contributed by atoms with Gasteiger partial charge in [-0.2, -0.15) is 0 Å². The summed E-state index contributed by atoms with van der Waals surface area (Å²) >= 11 is 0. The Morgan fingerprint density at radius 3 is 2.13 bits per heavy atom. The number of carbonyl (C=O) groups is 2. The van der Waals surface area contributed by atoms with E-state index in [0.717, 1.165) is 38.7 Å². The second-order valence-electron chi connectivity index (χ2n) is 13.4. The zero-order valence-corrected chi connectivity index (χ0v) is 27.7. The average molecular weight is 601 g/mol. The number of nitrogens with zero attached hydrogens (tertiary/aromatic N) is 1. The van der Waals surface area contributed by atoms with E-state index in [1.165, 1.54) is 16.8 Å². The maximum absolute atomic E-state index is 13.1. The summed E-state index contributed by atoms with van der Waals surface area (Å²) in [4.78, 5) is 26.1. The van der Waals surface area contributed by atoms with Crippen LogP contribution in [-0.4, -0.2) is 22.0 Å². The quantitative estimate of drug-likeness (QED) is 0.181. The Balaban J connectivity index is 1.34. The average Bonchev–Trinajstić information content (AvgIpc) is 3.23. The van der Waals surface area contributed by atoms with Gasteiger partial charge < -0.3 is 14.6 Å². The van der Waals surface area contributed by atoms with Gasteiger partial charge in [0.2, 0.25) is 0 Å². The summed E-state index contributed by atoms with van der Waals surface area (Å²) in [6.45, 7) is 17.4. The highest BCUT2D eigenvalue weighted by Crippen LogP contribution is 2.30. The molecule has 0 saturated heterocycles. The van der Waals surface area contributed by atoms with Crippen molar-refractivity contribution in [1.29, 1.82) is 0 Å². The third-order valence-electron chi connectivity index (χ3n) is 8.40. The highest BCUT2D eigenvalue weighted by molar-refractivity contribution is 5.99. The smallest absolute Gasteiger partial charge is 0.339 e. The van der Waals surface area contributed by atoms with Crippen LogP contribution in [0.3, 0.4) is 0 Å². The fourth-order valence-corrected chi connectivity index (χ4v) is 5.68. The van der Waals surface area contributed by atoms with E-state index in [1.54, 1.807) is 0 Å². The minimum atomic E-state index is -0.567. The standard InChI is InChI=1S/C40H44N2O3/c1-25(2)31-14-10-29(11-15-31)23-41-38(43)33-18-20-37-35(22-33)27(4)28(5)42(37)24-30-12-16-32(17-13-30)34-19-9-26(3)21-36(34)39(44)45-40(6,7)8/h9-22,25H,23-24H2,1-8H3,(H,41,43). The van der Waals surface area contributed by atoms with Crippen molar-refractivity contribution in [2.75, 3.05) is 0 Å². The molecule has 0 aliphatic rings. The van der Waals surface area contributed by atoms with Crippen molar-refractivity contribution in [3.05, 3.63) is 130 Å². The van der Waals surface area contributed by atoms with Gasteiger partial charge in [0.1, 0.15) is 5.60 Å². The maximum Gasteiger partial charge on any atom is 0.339 e. The van der Waals surface area contributed by atoms with E-state index in [4.69, 9.17) is 4.74 Å². The number of carbonyl (C=O) groups excluding carboxylic acids is 2. The number of hydrogen-bond donors (Lipinski definition) is 1. The Morgan fingerprint density at radius 2 is 1.49 bits per heavy atom. The van der Waals surface area contributed by atoms with Gasteiger partial charge in [0.15, 0.2) is 0 Å². The second kappa shape index (κ2) is 12.8. The first-order valence-electron chi connectivity index (χ1n) is 15.7. The van der Waals surface area contributed by atoms with Crippen LogP contribution in [0.2, 0.25) is 0 Å². The Labute approximate surface area is 267 Å². The van der Waals surface area contributed by atoms with Gasteiger partial charge in [0.25, 0.3) is 5.91 Å². The molecule has 5 heteroatoms. The zero-order valence-electron chi connectivity index (χ0n) is 27.7. The molecule has 1 aromatic heterocycles. The molecule has 5 nitrogen and oxygen atoms in total. The Hall–Kier alpha value is -4.64. The van der Waals surface area contributed by atoms with Crippen molar-refractivity contribution in [1.82, 2.24) is 9.88 Å². The van der Waals surface area contributed by atoms with Crippen molar-refractivity contribution >= 4 is 22.8 Å². The van der Waals surface area contributed by atoms with E-state index in [-0.39, 0.29) is 11.9 Å². The summed E-state index contributed by atoms with van der Waals surface area (Å²) in [6.07, 6.45) is 0. The number of hydrogen-bond acceptors (Lipinski definition) is 3. The first-order chi connectivity index (χ1) is 21.3. The van der Waals surface area contributed by atoms with Gasteiger partial charge in [-0.3, -0.25) is 4.79 Å². The molecule has 5 aromatic rings. The van der Waals surface area contributed by atoms with Gasteiger partial charge in [0.05, 0.1) is 5.56 Å². The molecule has 0 saturated carbocycles. The first-order valence-corrected chi connectivity index (χ1v) is 15.7. The second-order valence-corrected chi connectivity index (χ2v) is 13.4. The normalized spacial score (nSPS) is 11.7. The van der Waals surface area contributed by atoms with Gasteiger partial charge in [-0.05, 0) is 105 Å². The van der Waals surface area contributed by atoms with Crippen LogP contribution in [0.5, 0.6) is 0 Å². The van der Waals surface area contributed by atoms with Crippen LogP contribution in [0.15, 0.2) is 84.9 Å². The Kier molecular flexibility index (Phi) is 9.01. The number of esters is 1. The molecule has 45 heavy (non-hydrogen) atoms. The van der Waals surface area contributed by atoms with Crippen LogP contribution in [0.25, 0.3) is 22.0 Å². The van der Waals surface area contributed by atoms with Crippen LogP contribution < -0.4 is 5.32 Å². The number of amides is 1. The van der Waals surface area contributed by atoms with E-state index < -0.39 is 5.60 Å². The topological polar surface area (TPSA) is 60.3 Å². The largest absolute Gasteiger partial charge is 0.456 e. The number of aromatic nitrogens is 1. The lowest BCUT2D eigenvalue weighted by Gasteiger charge is -2.21.